The quantitative estimate of drug-likeness (QED) is 0.108. The van der Waals surface area contributed by atoms with Crippen LogP contribution in [0, 0.1) is 0 Å². The lowest BCUT2D eigenvalue weighted by Crippen LogP contribution is -2.39. The molecule has 0 saturated carbocycles. The van der Waals surface area contributed by atoms with E-state index < -0.39 is 89.1 Å². The molecule has 0 amide bonds. The molecule has 0 aliphatic carbocycles. The number of phosphoric acid groups is 2. The molecule has 7 heterocycles. The zero-order chi connectivity index (χ0) is 32.7. The second-order valence-electron chi connectivity index (χ2n) is 10.3. The number of fused-ring (bicyclic) bond motifs is 6. The number of aromatic amines is 2. The van der Waals surface area contributed by atoms with E-state index in [4.69, 9.17) is 39.0 Å². The van der Waals surface area contributed by atoms with Gasteiger partial charge in [-0.15, -0.1) is 0 Å². The summed E-state index contributed by atoms with van der Waals surface area (Å²) in [6.45, 7) is -1.91. The molecule has 0 spiro atoms. The second kappa shape index (κ2) is 11.0. The number of nitrogens with zero attached hydrogens (tertiary/aromatic N) is 6. The molecule has 4 bridgehead atoms. The van der Waals surface area contributed by atoms with Gasteiger partial charge in [0, 0.05) is 0 Å². The Balaban J connectivity index is 1.23. The molecule has 3 saturated heterocycles. The van der Waals surface area contributed by atoms with Crippen LogP contribution in [0.2, 0.25) is 0 Å². The zero-order valence-corrected chi connectivity index (χ0v) is 24.5. The number of anilines is 2. The van der Waals surface area contributed by atoms with E-state index in [2.05, 4.69) is 29.9 Å². The summed E-state index contributed by atoms with van der Waals surface area (Å²) >= 11 is 0. The maximum absolute atomic E-state index is 13.0. The van der Waals surface area contributed by atoms with Crippen molar-refractivity contribution in [2.24, 2.45) is 0 Å². The number of hydrogen-bond donors (Lipinski definition) is 6. The normalized spacial score (nSPS) is 37.1. The Kier molecular flexibility index (Phi) is 7.39. The van der Waals surface area contributed by atoms with Gasteiger partial charge >= 0.3 is 0 Å². The molecule has 46 heavy (non-hydrogen) atoms. The highest BCUT2D eigenvalue weighted by Gasteiger charge is 2.51. The SMILES string of the molecule is Nc1nc2c(ncn2[C@@H]2O[C@@H]3COP(=O)([O-])O[C@@H]4[C@H](O)[C@@H](COP(=O)([O-])O[C@@H]2[C@@H]3O)O[C@H]4n2cnc3c(=O)[nH]c(N)nc32)c(=O)[nH]1. The molecule has 0 aromatic carbocycles. The van der Waals surface area contributed by atoms with Crippen molar-refractivity contribution < 1.29 is 56.7 Å². The number of H-pyrrole nitrogens is 2. The van der Waals surface area contributed by atoms with Crippen molar-refractivity contribution in [2.75, 3.05) is 24.7 Å². The molecule has 24 nitrogen and oxygen atoms in total. The third kappa shape index (κ3) is 5.33. The van der Waals surface area contributed by atoms with Crippen molar-refractivity contribution >= 4 is 49.9 Å². The number of imidazole rings is 2. The van der Waals surface area contributed by atoms with E-state index in [-0.39, 0.29) is 34.2 Å². The number of nitrogen functional groups attached to an aromatic ring is 2. The van der Waals surface area contributed by atoms with Crippen LogP contribution < -0.4 is 32.4 Å². The molecular weight excluding hydrogens is 666 g/mol. The van der Waals surface area contributed by atoms with Gasteiger partial charge in [0.1, 0.15) is 36.6 Å². The van der Waals surface area contributed by atoms with Crippen LogP contribution in [-0.4, -0.2) is 99.1 Å². The van der Waals surface area contributed by atoms with Gasteiger partial charge in [-0.3, -0.25) is 37.8 Å². The number of nitrogens with one attached hydrogen (secondary N) is 2. The lowest BCUT2D eigenvalue weighted by atomic mass is 10.1. The first-order valence-corrected chi connectivity index (χ1v) is 16.0. The summed E-state index contributed by atoms with van der Waals surface area (Å²) in [7, 11) is -10.8. The van der Waals surface area contributed by atoms with Gasteiger partial charge in [-0.05, 0) is 0 Å². The highest BCUT2D eigenvalue weighted by Crippen LogP contribution is 2.51. The number of hydrogen-bond acceptors (Lipinski definition) is 20. The summed E-state index contributed by atoms with van der Waals surface area (Å²) in [5, 5.41) is 22.0. The monoisotopic (exact) mass is 688 g/mol. The Morgan fingerprint density at radius 3 is 1.57 bits per heavy atom. The van der Waals surface area contributed by atoms with E-state index >= 15 is 0 Å². The predicted octanol–water partition coefficient (Wildman–Crippen LogP) is -4.31. The third-order valence-corrected chi connectivity index (χ3v) is 9.30. The first-order chi connectivity index (χ1) is 21.7. The smallest absolute Gasteiger partial charge is 0.280 e. The Hall–Kier alpha value is -3.64. The van der Waals surface area contributed by atoms with Crippen LogP contribution in [0.1, 0.15) is 12.5 Å². The average Bonchev–Trinajstić information content (AvgIpc) is 3.72. The zero-order valence-electron chi connectivity index (χ0n) is 22.7. The second-order valence-corrected chi connectivity index (χ2v) is 13.0. The molecule has 7 rings (SSSR count). The Labute approximate surface area is 253 Å². The van der Waals surface area contributed by atoms with Gasteiger partial charge < -0.3 is 59.0 Å². The number of nitrogens with two attached hydrogens (primary N) is 2. The van der Waals surface area contributed by atoms with Crippen LogP contribution in [0.25, 0.3) is 22.3 Å². The summed E-state index contributed by atoms with van der Waals surface area (Å²) in [5.74, 6) is -0.644. The number of phosphoric ester groups is 2. The van der Waals surface area contributed by atoms with Gasteiger partial charge in [0.2, 0.25) is 11.9 Å². The van der Waals surface area contributed by atoms with Crippen molar-refractivity contribution in [1.29, 1.82) is 0 Å². The maximum Gasteiger partial charge on any atom is 0.280 e. The van der Waals surface area contributed by atoms with Crippen LogP contribution in [0.4, 0.5) is 11.9 Å². The molecule has 4 aromatic rings. The molecule has 26 heteroatoms. The van der Waals surface area contributed by atoms with Crippen LogP contribution >= 0.6 is 15.6 Å². The van der Waals surface area contributed by atoms with Crippen LogP contribution in [0.5, 0.6) is 0 Å². The minimum atomic E-state index is -5.40. The summed E-state index contributed by atoms with van der Waals surface area (Å²) in [6, 6.07) is 0. The van der Waals surface area contributed by atoms with E-state index in [1.807, 2.05) is 0 Å². The van der Waals surface area contributed by atoms with Crippen LogP contribution in [0.3, 0.4) is 0 Å². The van der Waals surface area contributed by atoms with Crippen molar-refractivity contribution in [3.05, 3.63) is 33.4 Å². The van der Waals surface area contributed by atoms with Gasteiger partial charge in [-0.2, -0.15) is 9.97 Å². The molecule has 3 aliphatic heterocycles. The third-order valence-electron chi connectivity index (χ3n) is 7.37. The van der Waals surface area contributed by atoms with Gasteiger partial charge in [-0.1, -0.05) is 0 Å². The first kappa shape index (κ1) is 31.0. The molecule has 2 unspecified atom stereocenters. The van der Waals surface area contributed by atoms with Crippen molar-refractivity contribution in [3.8, 4) is 0 Å². The lowest BCUT2D eigenvalue weighted by molar-refractivity contribution is -0.239. The fourth-order valence-corrected chi connectivity index (χ4v) is 7.17. The Morgan fingerprint density at radius 1 is 0.783 bits per heavy atom. The minimum absolute atomic E-state index is 0.184. The fraction of sp³-hybridized carbons (Fsp3) is 0.500. The van der Waals surface area contributed by atoms with E-state index in [1.165, 1.54) is 0 Å². The number of ether oxygens (including phenoxy) is 2. The summed E-state index contributed by atoms with van der Waals surface area (Å²) in [4.78, 5) is 70.8. The van der Waals surface area contributed by atoms with Gasteiger partial charge in [-0.25, -0.2) is 9.97 Å². The van der Waals surface area contributed by atoms with E-state index in [0.717, 1.165) is 21.8 Å². The van der Waals surface area contributed by atoms with Gasteiger partial charge in [0.25, 0.3) is 26.8 Å². The average molecular weight is 688 g/mol. The number of aromatic nitrogens is 8. The molecule has 4 aromatic heterocycles. The number of rotatable bonds is 2. The Morgan fingerprint density at radius 2 is 1.17 bits per heavy atom. The maximum atomic E-state index is 13.0. The van der Waals surface area contributed by atoms with Crippen LogP contribution in [-0.2, 0) is 36.7 Å². The minimum Gasteiger partial charge on any atom is -0.756 e. The number of aliphatic hydroxyl groups excluding tert-OH is 2. The molecule has 10 atom stereocenters. The highest BCUT2D eigenvalue weighted by molar-refractivity contribution is 7.46. The first-order valence-electron chi connectivity index (χ1n) is 13.1. The molecule has 3 fully saturated rings. The van der Waals surface area contributed by atoms with Crippen molar-refractivity contribution in [3.63, 3.8) is 0 Å². The predicted molar refractivity (Wildman–Crippen MR) is 142 cm³/mol. The molecular formula is C20H22N10O14P2-2. The standard InChI is InChI=1S/C20H24N10O14P2/c21-19-25-13-7(15(33)27-19)23-3-29(13)17-11-9(31)5(41-17)1-39-45(35,36)43-12-10(32)6(2-40-46(37,38)44-11)42-18(12)30-4-24-8-14(30)26-20(22)28-16(8)34/h3-6,9-12,17-18,31-32H,1-2H2,(H,35,36)(H,37,38)(H3,21,25,27,33)(H3,22,26,28,34)/p-2/t5-,6-,9-,10-,11-,12-,17-,18-/m1/s1. The number of aliphatic hydroxyl groups is 2. The van der Waals surface area contributed by atoms with Gasteiger partial charge in [0.15, 0.2) is 34.8 Å². The molecule has 0 radical (unpaired) electrons. The van der Waals surface area contributed by atoms with Crippen molar-refractivity contribution in [2.45, 2.75) is 49.1 Å². The molecule has 3 aliphatic rings. The largest absolute Gasteiger partial charge is 0.756 e. The highest BCUT2D eigenvalue weighted by atomic mass is 31.2. The Bertz CT molecular complexity index is 1900. The molecule has 8 N–H and O–H groups in total. The summed E-state index contributed by atoms with van der Waals surface area (Å²) in [6.07, 6.45) is -11.7. The summed E-state index contributed by atoms with van der Waals surface area (Å²) < 4.78 is 59.9. The lowest BCUT2D eigenvalue weighted by Gasteiger charge is -2.32. The van der Waals surface area contributed by atoms with Crippen molar-refractivity contribution in [1.82, 2.24) is 39.0 Å². The molecule has 248 valence electrons. The van der Waals surface area contributed by atoms with E-state index in [0.29, 0.717) is 0 Å². The van der Waals surface area contributed by atoms with Gasteiger partial charge in [0.05, 0.1) is 25.9 Å². The fourth-order valence-electron chi connectivity index (χ4n) is 5.33. The topological polar surface area (TPSA) is 355 Å². The van der Waals surface area contributed by atoms with E-state index in [1.54, 1.807) is 0 Å². The van der Waals surface area contributed by atoms with Crippen LogP contribution in [0.15, 0.2) is 22.2 Å². The van der Waals surface area contributed by atoms with E-state index in [9.17, 15) is 38.7 Å². The summed E-state index contributed by atoms with van der Waals surface area (Å²) in [5.41, 5.74) is 8.98.